The third-order valence-electron chi connectivity index (χ3n) is 3.48. The van der Waals surface area contributed by atoms with Crippen molar-refractivity contribution in [1.29, 1.82) is 0 Å². The summed E-state index contributed by atoms with van der Waals surface area (Å²) in [7, 11) is 0. The molecule has 1 aliphatic rings. The zero-order valence-electron chi connectivity index (χ0n) is 12.2. The van der Waals surface area contributed by atoms with Crippen LogP contribution >= 0.6 is 0 Å². The van der Waals surface area contributed by atoms with Gasteiger partial charge in [-0.15, -0.1) is 0 Å². The average Bonchev–Trinajstić information content (AvgIpc) is 2.30. The van der Waals surface area contributed by atoms with Crippen LogP contribution in [-0.4, -0.2) is 27.2 Å². The Balaban J connectivity index is 1.95. The maximum Gasteiger partial charge on any atom is 0.129 e. The van der Waals surface area contributed by atoms with Crippen molar-refractivity contribution in [2.45, 2.75) is 65.0 Å². The van der Waals surface area contributed by atoms with Crippen LogP contribution in [0.25, 0.3) is 0 Å². The molecule has 0 aromatic carbocycles. The van der Waals surface area contributed by atoms with Gasteiger partial charge < -0.3 is 10.4 Å². The molecule has 0 unspecified atom stereocenters. The lowest BCUT2D eigenvalue weighted by atomic mass is 9.90. The van der Waals surface area contributed by atoms with Crippen LogP contribution in [0.5, 0.6) is 0 Å². The zero-order valence-corrected chi connectivity index (χ0v) is 12.2. The molecule has 19 heavy (non-hydrogen) atoms. The molecule has 0 bridgehead atoms. The predicted octanol–water partition coefficient (Wildman–Crippen LogP) is 2.78. The lowest BCUT2D eigenvalue weighted by molar-refractivity contribution is 0.126. The molecule has 2 rings (SSSR count). The molecule has 0 saturated heterocycles. The van der Waals surface area contributed by atoms with E-state index in [-0.39, 0.29) is 11.5 Å². The highest BCUT2D eigenvalue weighted by atomic mass is 16.3. The summed E-state index contributed by atoms with van der Waals surface area (Å²) in [4.78, 5) is 8.64. The minimum atomic E-state index is -0.111. The minimum absolute atomic E-state index is 0.111. The van der Waals surface area contributed by atoms with Crippen LogP contribution in [0, 0.1) is 5.41 Å². The SMILES string of the molecule is CC(C)(C)Cc1cc(NC2CCC(O)CC2)ncn1. The van der Waals surface area contributed by atoms with E-state index in [9.17, 15) is 5.11 Å². The number of hydrogen-bond donors (Lipinski definition) is 2. The molecule has 1 aromatic heterocycles. The van der Waals surface area contributed by atoms with Gasteiger partial charge in [0.1, 0.15) is 12.1 Å². The molecule has 4 nitrogen and oxygen atoms in total. The van der Waals surface area contributed by atoms with Gasteiger partial charge in [0.05, 0.1) is 6.10 Å². The Morgan fingerprint density at radius 1 is 1.21 bits per heavy atom. The van der Waals surface area contributed by atoms with Gasteiger partial charge in [0, 0.05) is 17.8 Å². The van der Waals surface area contributed by atoms with Gasteiger partial charge in [-0.25, -0.2) is 9.97 Å². The van der Waals surface area contributed by atoms with Crippen molar-refractivity contribution >= 4 is 5.82 Å². The van der Waals surface area contributed by atoms with Crippen molar-refractivity contribution in [2.24, 2.45) is 5.41 Å². The zero-order chi connectivity index (χ0) is 13.9. The molecule has 1 aromatic rings. The number of aliphatic hydroxyl groups excluding tert-OH is 1. The molecule has 0 aliphatic heterocycles. The van der Waals surface area contributed by atoms with Crippen LogP contribution in [0.1, 0.15) is 52.1 Å². The van der Waals surface area contributed by atoms with Gasteiger partial charge in [0.15, 0.2) is 0 Å². The first-order valence-corrected chi connectivity index (χ1v) is 7.18. The quantitative estimate of drug-likeness (QED) is 0.880. The van der Waals surface area contributed by atoms with Crippen molar-refractivity contribution in [1.82, 2.24) is 9.97 Å². The molecule has 1 saturated carbocycles. The molecule has 1 fully saturated rings. The third kappa shape index (κ3) is 4.78. The Hall–Kier alpha value is -1.16. The van der Waals surface area contributed by atoms with E-state index >= 15 is 0 Å². The Labute approximate surface area is 115 Å². The first kappa shape index (κ1) is 14.3. The number of aromatic nitrogens is 2. The van der Waals surface area contributed by atoms with Crippen LogP contribution in [0.3, 0.4) is 0 Å². The number of nitrogens with zero attached hydrogens (tertiary/aromatic N) is 2. The van der Waals surface area contributed by atoms with Crippen molar-refractivity contribution < 1.29 is 5.11 Å². The fourth-order valence-electron chi connectivity index (χ4n) is 2.55. The number of nitrogens with one attached hydrogen (secondary N) is 1. The molecule has 0 amide bonds. The summed E-state index contributed by atoms with van der Waals surface area (Å²) in [6.07, 6.45) is 6.28. The van der Waals surface area contributed by atoms with Crippen LogP contribution in [0.4, 0.5) is 5.82 Å². The molecule has 1 aliphatic carbocycles. The van der Waals surface area contributed by atoms with Crippen molar-refractivity contribution in [3.8, 4) is 0 Å². The normalized spacial score (nSPS) is 24.2. The van der Waals surface area contributed by atoms with Gasteiger partial charge in [-0.05, 0) is 37.5 Å². The molecule has 106 valence electrons. The van der Waals surface area contributed by atoms with Crippen LogP contribution in [-0.2, 0) is 6.42 Å². The Morgan fingerprint density at radius 3 is 2.53 bits per heavy atom. The van der Waals surface area contributed by atoms with Crippen LogP contribution < -0.4 is 5.32 Å². The lowest BCUT2D eigenvalue weighted by Crippen LogP contribution is -2.28. The molecular formula is C15H25N3O. The first-order chi connectivity index (χ1) is 8.92. The van der Waals surface area contributed by atoms with Gasteiger partial charge in [0.2, 0.25) is 0 Å². The summed E-state index contributed by atoms with van der Waals surface area (Å²) in [5, 5.41) is 13.0. The topological polar surface area (TPSA) is 58.0 Å². The highest BCUT2D eigenvalue weighted by Crippen LogP contribution is 2.23. The lowest BCUT2D eigenvalue weighted by Gasteiger charge is -2.26. The van der Waals surface area contributed by atoms with Crippen LogP contribution in [0.2, 0.25) is 0 Å². The fourth-order valence-corrected chi connectivity index (χ4v) is 2.55. The van der Waals surface area contributed by atoms with Crippen LogP contribution in [0.15, 0.2) is 12.4 Å². The van der Waals surface area contributed by atoms with Crippen molar-refractivity contribution in [3.05, 3.63) is 18.1 Å². The summed E-state index contributed by atoms with van der Waals surface area (Å²) in [6, 6.07) is 2.48. The van der Waals surface area contributed by atoms with E-state index in [2.05, 4.69) is 42.1 Å². The van der Waals surface area contributed by atoms with E-state index in [4.69, 9.17) is 0 Å². The number of hydrogen-bond acceptors (Lipinski definition) is 4. The van der Waals surface area contributed by atoms with E-state index in [1.807, 2.05) is 0 Å². The van der Waals surface area contributed by atoms with Crippen molar-refractivity contribution in [2.75, 3.05) is 5.32 Å². The Morgan fingerprint density at radius 2 is 1.89 bits per heavy atom. The first-order valence-electron chi connectivity index (χ1n) is 7.18. The third-order valence-corrected chi connectivity index (χ3v) is 3.48. The largest absolute Gasteiger partial charge is 0.393 e. The summed E-state index contributed by atoms with van der Waals surface area (Å²) in [5.41, 5.74) is 1.32. The average molecular weight is 263 g/mol. The molecular weight excluding hydrogens is 238 g/mol. The molecule has 0 radical (unpaired) electrons. The molecule has 4 heteroatoms. The molecule has 0 spiro atoms. The van der Waals surface area contributed by atoms with Gasteiger partial charge in [0.25, 0.3) is 0 Å². The summed E-state index contributed by atoms with van der Waals surface area (Å²) >= 11 is 0. The second kappa shape index (κ2) is 5.87. The van der Waals surface area contributed by atoms with E-state index in [1.54, 1.807) is 6.33 Å². The molecule has 2 N–H and O–H groups in total. The predicted molar refractivity (Wildman–Crippen MR) is 77.1 cm³/mol. The van der Waals surface area contributed by atoms with Gasteiger partial charge >= 0.3 is 0 Å². The van der Waals surface area contributed by atoms with E-state index < -0.39 is 0 Å². The summed E-state index contributed by atoms with van der Waals surface area (Å²) in [6.45, 7) is 6.64. The Bertz CT molecular complexity index is 406. The Kier molecular flexibility index (Phi) is 4.40. The van der Waals surface area contributed by atoms with Gasteiger partial charge in [-0.1, -0.05) is 20.8 Å². The monoisotopic (exact) mass is 263 g/mol. The maximum absolute atomic E-state index is 9.51. The summed E-state index contributed by atoms with van der Waals surface area (Å²) < 4.78 is 0. The number of aliphatic hydroxyl groups is 1. The van der Waals surface area contributed by atoms with Gasteiger partial charge in [-0.3, -0.25) is 0 Å². The molecule has 0 atom stereocenters. The standard InChI is InChI=1S/C15H25N3O/c1-15(2,3)9-12-8-14(17-10-16-12)18-11-4-6-13(19)7-5-11/h8,10-11,13,19H,4-7,9H2,1-3H3,(H,16,17,18). The smallest absolute Gasteiger partial charge is 0.129 e. The molecule has 1 heterocycles. The number of anilines is 1. The van der Waals surface area contributed by atoms with E-state index in [0.29, 0.717) is 6.04 Å². The minimum Gasteiger partial charge on any atom is -0.393 e. The fraction of sp³-hybridized carbons (Fsp3) is 0.733. The number of rotatable bonds is 3. The second-order valence-electron chi connectivity index (χ2n) is 6.78. The van der Waals surface area contributed by atoms with Crippen molar-refractivity contribution in [3.63, 3.8) is 0 Å². The highest BCUT2D eigenvalue weighted by Gasteiger charge is 2.19. The second-order valence-corrected chi connectivity index (χ2v) is 6.78. The van der Waals surface area contributed by atoms with Gasteiger partial charge in [-0.2, -0.15) is 0 Å². The highest BCUT2D eigenvalue weighted by molar-refractivity contribution is 5.36. The van der Waals surface area contributed by atoms with E-state index in [0.717, 1.165) is 43.6 Å². The summed E-state index contributed by atoms with van der Waals surface area (Å²) in [5.74, 6) is 0.913. The van der Waals surface area contributed by atoms with E-state index in [1.165, 1.54) is 0 Å². The maximum atomic E-state index is 9.51.